The van der Waals surface area contributed by atoms with Crippen molar-refractivity contribution >= 4 is 0 Å². The largest absolute Gasteiger partial charge is 0.373 e. The third-order valence-corrected chi connectivity index (χ3v) is 4.64. The highest BCUT2D eigenvalue weighted by atomic mass is 16.5. The summed E-state index contributed by atoms with van der Waals surface area (Å²) in [4.78, 5) is 0. The molecular weight excluding hydrogens is 268 g/mol. The van der Waals surface area contributed by atoms with Crippen LogP contribution < -0.4 is 0 Å². The molecule has 0 aliphatic carbocycles. The Kier molecular flexibility index (Phi) is 4.74. The van der Waals surface area contributed by atoms with Crippen LogP contribution in [0.1, 0.15) is 37.3 Å². The topological polar surface area (TPSA) is 9.23 Å². The molecule has 1 unspecified atom stereocenters. The van der Waals surface area contributed by atoms with Crippen molar-refractivity contribution in [2.75, 3.05) is 6.61 Å². The van der Waals surface area contributed by atoms with Crippen LogP contribution in [0.3, 0.4) is 0 Å². The van der Waals surface area contributed by atoms with Gasteiger partial charge in [-0.25, -0.2) is 0 Å². The molecule has 114 valence electrons. The van der Waals surface area contributed by atoms with Crippen LogP contribution in [0.15, 0.2) is 72.8 Å². The van der Waals surface area contributed by atoms with E-state index < -0.39 is 0 Å². The number of hydrogen-bond acceptors (Lipinski definition) is 1. The van der Waals surface area contributed by atoms with Crippen LogP contribution in [-0.2, 0) is 10.2 Å². The summed E-state index contributed by atoms with van der Waals surface area (Å²) in [6.07, 6.45) is 7.96. The lowest BCUT2D eigenvalue weighted by Crippen LogP contribution is -2.40. The molecular formula is C21H24O. The number of rotatable bonds is 4. The molecule has 1 aliphatic heterocycles. The molecule has 3 rings (SSSR count). The van der Waals surface area contributed by atoms with Gasteiger partial charge < -0.3 is 4.74 Å². The van der Waals surface area contributed by atoms with Gasteiger partial charge in [-0.15, -0.1) is 0 Å². The Bertz CT molecular complexity index is 551. The Labute approximate surface area is 133 Å². The van der Waals surface area contributed by atoms with Gasteiger partial charge in [-0.3, -0.25) is 0 Å². The van der Waals surface area contributed by atoms with Crippen molar-refractivity contribution in [2.45, 2.75) is 37.7 Å². The fraction of sp³-hybridized carbons (Fsp3) is 0.333. The van der Waals surface area contributed by atoms with Gasteiger partial charge >= 0.3 is 0 Å². The Morgan fingerprint density at radius 1 is 1.00 bits per heavy atom. The van der Waals surface area contributed by atoms with E-state index in [-0.39, 0.29) is 11.5 Å². The number of ether oxygens (including phenoxy) is 1. The SMILES string of the molecule is CC/C=C/C1CCC(c2ccccc2)(c2ccccc2)CO1. The van der Waals surface area contributed by atoms with Crippen LogP contribution in [0, 0.1) is 0 Å². The molecule has 22 heavy (non-hydrogen) atoms. The van der Waals surface area contributed by atoms with Crippen molar-refractivity contribution in [2.24, 2.45) is 0 Å². The van der Waals surface area contributed by atoms with Crippen LogP contribution in [0.25, 0.3) is 0 Å². The van der Waals surface area contributed by atoms with Crippen LogP contribution >= 0.6 is 0 Å². The molecule has 0 bridgehead atoms. The summed E-state index contributed by atoms with van der Waals surface area (Å²) >= 11 is 0. The zero-order valence-corrected chi connectivity index (χ0v) is 13.2. The van der Waals surface area contributed by atoms with Crippen molar-refractivity contribution in [3.05, 3.63) is 83.9 Å². The smallest absolute Gasteiger partial charge is 0.0756 e. The molecule has 1 saturated heterocycles. The predicted octanol–water partition coefficient (Wildman–Crippen LogP) is 5.12. The van der Waals surface area contributed by atoms with Crippen LogP contribution in [0.4, 0.5) is 0 Å². The van der Waals surface area contributed by atoms with Gasteiger partial charge in [-0.1, -0.05) is 79.7 Å². The molecule has 0 saturated carbocycles. The van der Waals surface area contributed by atoms with Crippen molar-refractivity contribution in [3.8, 4) is 0 Å². The molecule has 2 aromatic rings. The van der Waals surface area contributed by atoms with E-state index in [9.17, 15) is 0 Å². The van der Waals surface area contributed by atoms with Gasteiger partial charge in [0.2, 0.25) is 0 Å². The molecule has 1 nitrogen and oxygen atoms in total. The first kappa shape index (κ1) is 15.1. The lowest BCUT2D eigenvalue weighted by molar-refractivity contribution is 0.00719. The van der Waals surface area contributed by atoms with Gasteiger partial charge in [-0.2, -0.15) is 0 Å². The van der Waals surface area contributed by atoms with Crippen LogP contribution in [0.5, 0.6) is 0 Å². The summed E-state index contributed by atoms with van der Waals surface area (Å²) in [7, 11) is 0. The second-order valence-corrected chi connectivity index (χ2v) is 6.04. The van der Waals surface area contributed by atoms with E-state index in [1.807, 2.05) is 0 Å². The molecule has 0 radical (unpaired) electrons. The Hall–Kier alpha value is -1.86. The van der Waals surface area contributed by atoms with Gasteiger partial charge in [0.1, 0.15) is 0 Å². The van der Waals surface area contributed by atoms with Crippen molar-refractivity contribution in [1.82, 2.24) is 0 Å². The maximum absolute atomic E-state index is 6.22. The first-order valence-corrected chi connectivity index (χ1v) is 8.24. The minimum Gasteiger partial charge on any atom is -0.373 e. The average molecular weight is 292 g/mol. The number of hydrogen-bond donors (Lipinski definition) is 0. The van der Waals surface area contributed by atoms with Crippen molar-refractivity contribution in [1.29, 1.82) is 0 Å². The molecule has 2 aromatic carbocycles. The third-order valence-electron chi connectivity index (χ3n) is 4.64. The van der Waals surface area contributed by atoms with Gasteiger partial charge in [0.25, 0.3) is 0 Å². The van der Waals surface area contributed by atoms with Gasteiger partial charge in [0.05, 0.1) is 12.7 Å². The quantitative estimate of drug-likeness (QED) is 0.711. The highest BCUT2D eigenvalue weighted by Crippen LogP contribution is 2.41. The van der Waals surface area contributed by atoms with E-state index in [1.54, 1.807) is 0 Å². The third kappa shape index (κ3) is 3.00. The summed E-state index contributed by atoms with van der Waals surface area (Å²) < 4.78 is 6.22. The van der Waals surface area contributed by atoms with E-state index in [0.29, 0.717) is 0 Å². The van der Waals surface area contributed by atoms with Gasteiger partial charge in [0.15, 0.2) is 0 Å². The molecule has 1 atom stereocenters. The van der Waals surface area contributed by atoms with E-state index in [2.05, 4.69) is 79.7 Å². The van der Waals surface area contributed by atoms with Crippen LogP contribution in [-0.4, -0.2) is 12.7 Å². The highest BCUT2D eigenvalue weighted by Gasteiger charge is 2.38. The monoisotopic (exact) mass is 292 g/mol. The molecule has 0 amide bonds. The Morgan fingerprint density at radius 2 is 1.59 bits per heavy atom. The van der Waals surface area contributed by atoms with Crippen molar-refractivity contribution < 1.29 is 4.74 Å². The van der Waals surface area contributed by atoms with Crippen LogP contribution in [0.2, 0.25) is 0 Å². The maximum atomic E-state index is 6.22. The summed E-state index contributed by atoms with van der Waals surface area (Å²) in [5, 5.41) is 0. The maximum Gasteiger partial charge on any atom is 0.0756 e. The highest BCUT2D eigenvalue weighted by molar-refractivity contribution is 5.40. The number of benzene rings is 2. The Morgan fingerprint density at radius 3 is 2.05 bits per heavy atom. The van der Waals surface area contributed by atoms with E-state index in [1.165, 1.54) is 11.1 Å². The zero-order valence-electron chi connectivity index (χ0n) is 13.2. The molecule has 0 aromatic heterocycles. The normalized spacial score (nSPS) is 21.0. The molecule has 1 fully saturated rings. The summed E-state index contributed by atoms with van der Waals surface area (Å²) in [6, 6.07) is 21.6. The van der Waals surface area contributed by atoms with E-state index in [0.717, 1.165) is 25.9 Å². The fourth-order valence-corrected chi connectivity index (χ4v) is 3.37. The van der Waals surface area contributed by atoms with E-state index >= 15 is 0 Å². The van der Waals surface area contributed by atoms with Crippen molar-refractivity contribution in [3.63, 3.8) is 0 Å². The second-order valence-electron chi connectivity index (χ2n) is 6.04. The molecule has 1 heterocycles. The first-order chi connectivity index (χ1) is 10.8. The van der Waals surface area contributed by atoms with Gasteiger partial charge in [0, 0.05) is 5.41 Å². The zero-order chi connectivity index (χ0) is 15.3. The lowest BCUT2D eigenvalue weighted by Gasteiger charge is -2.40. The minimum atomic E-state index is -0.0148. The van der Waals surface area contributed by atoms with Gasteiger partial charge in [-0.05, 0) is 30.4 Å². The fourth-order valence-electron chi connectivity index (χ4n) is 3.37. The number of allylic oxidation sites excluding steroid dienone is 1. The Balaban J connectivity index is 1.92. The summed E-state index contributed by atoms with van der Waals surface area (Å²) in [6.45, 7) is 2.91. The second kappa shape index (κ2) is 6.93. The molecule has 1 heteroatoms. The average Bonchev–Trinajstić information content (AvgIpc) is 2.62. The molecule has 0 spiro atoms. The lowest BCUT2D eigenvalue weighted by atomic mass is 9.70. The minimum absolute atomic E-state index is 0.0148. The van der Waals surface area contributed by atoms with E-state index in [4.69, 9.17) is 4.74 Å². The summed E-state index contributed by atoms with van der Waals surface area (Å²) in [5.41, 5.74) is 2.71. The molecule has 0 N–H and O–H groups in total. The predicted molar refractivity (Wildman–Crippen MR) is 92.1 cm³/mol. The first-order valence-electron chi connectivity index (χ1n) is 8.24. The summed E-state index contributed by atoms with van der Waals surface area (Å²) in [5.74, 6) is 0. The molecule has 1 aliphatic rings. The standard InChI is InChI=1S/C21H24O/c1-2-3-14-20-15-16-21(17-22-20,18-10-6-4-7-11-18)19-12-8-5-9-13-19/h3-14,20H,2,15-17H2,1H3/b14-3+.